The highest BCUT2D eigenvalue weighted by atomic mass is 32.2. The van der Waals surface area contributed by atoms with Crippen LogP contribution in [-0.2, 0) is 4.79 Å². The van der Waals surface area contributed by atoms with E-state index in [0.717, 1.165) is 36.0 Å². The first-order chi connectivity index (χ1) is 11.3. The van der Waals surface area contributed by atoms with Crippen LogP contribution in [0.3, 0.4) is 0 Å². The molecule has 0 spiro atoms. The van der Waals surface area contributed by atoms with E-state index in [1.807, 2.05) is 30.3 Å². The van der Waals surface area contributed by atoms with Gasteiger partial charge in [0.2, 0.25) is 0 Å². The molecule has 0 aromatic heterocycles. The molecule has 1 amide bonds. The van der Waals surface area contributed by atoms with E-state index in [1.165, 1.54) is 31.0 Å². The Morgan fingerprint density at radius 1 is 1.26 bits per heavy atom. The third kappa shape index (κ3) is 3.96. The molecule has 0 bridgehead atoms. The zero-order valence-corrected chi connectivity index (χ0v) is 14.3. The van der Waals surface area contributed by atoms with Crippen LogP contribution in [0.2, 0.25) is 0 Å². The summed E-state index contributed by atoms with van der Waals surface area (Å²) >= 11 is 1.48. The summed E-state index contributed by atoms with van der Waals surface area (Å²) in [4.78, 5) is 19.4. The molecule has 1 aromatic carbocycles. The number of para-hydroxylation sites is 1. The summed E-state index contributed by atoms with van der Waals surface area (Å²) < 4.78 is 5.76. The van der Waals surface area contributed by atoms with Gasteiger partial charge in [0.15, 0.2) is 5.17 Å². The molecule has 2 aliphatic heterocycles. The molecule has 0 N–H and O–H groups in total. The lowest BCUT2D eigenvalue weighted by atomic mass is 10.1. The predicted octanol–water partition coefficient (Wildman–Crippen LogP) is 3.93. The van der Waals surface area contributed by atoms with E-state index < -0.39 is 0 Å². The second-order valence-corrected chi connectivity index (χ2v) is 6.75. The van der Waals surface area contributed by atoms with Crippen LogP contribution in [0, 0.1) is 0 Å². The van der Waals surface area contributed by atoms with Crippen molar-refractivity contribution >= 4 is 28.9 Å². The number of hydrogen-bond acceptors (Lipinski definition) is 4. The number of amidine groups is 1. The quantitative estimate of drug-likeness (QED) is 0.785. The maximum atomic E-state index is 12.2. The molecule has 0 aliphatic carbocycles. The lowest BCUT2D eigenvalue weighted by Gasteiger charge is -2.27. The van der Waals surface area contributed by atoms with Gasteiger partial charge in [0.05, 0.1) is 11.5 Å². The second kappa shape index (κ2) is 7.68. The molecular weight excluding hydrogens is 308 g/mol. The minimum Gasteiger partial charge on any atom is -0.493 e. The van der Waals surface area contributed by atoms with Crippen molar-refractivity contribution in [2.75, 3.05) is 19.7 Å². The van der Waals surface area contributed by atoms with Crippen molar-refractivity contribution in [1.82, 2.24) is 4.90 Å². The summed E-state index contributed by atoms with van der Waals surface area (Å²) in [5.74, 6) is 0.683. The van der Waals surface area contributed by atoms with Crippen molar-refractivity contribution in [1.29, 1.82) is 0 Å². The van der Waals surface area contributed by atoms with Crippen LogP contribution in [-0.4, -0.2) is 35.7 Å². The number of likely N-dealkylation sites (tertiary alicyclic amines) is 1. The molecule has 0 radical (unpaired) electrons. The maximum absolute atomic E-state index is 12.2. The first-order valence-corrected chi connectivity index (χ1v) is 9.09. The van der Waals surface area contributed by atoms with Crippen LogP contribution in [0.1, 0.15) is 38.2 Å². The standard InChI is InChI=1S/C18H22N2O2S/c1-2-12-22-15-9-5-4-8-14(15)13-16-17(21)19-18(23-16)20-10-6-3-7-11-20/h4-5,8-9,13H,2-3,6-7,10-12H2,1H3. The second-order valence-electron chi connectivity index (χ2n) is 5.74. The number of rotatable bonds is 4. The van der Waals surface area contributed by atoms with Crippen molar-refractivity contribution in [3.8, 4) is 5.75 Å². The van der Waals surface area contributed by atoms with E-state index in [9.17, 15) is 4.79 Å². The molecule has 0 unspecified atom stereocenters. The Morgan fingerprint density at radius 3 is 2.83 bits per heavy atom. The molecule has 2 heterocycles. The van der Waals surface area contributed by atoms with Gasteiger partial charge >= 0.3 is 0 Å². The highest BCUT2D eigenvalue weighted by Gasteiger charge is 2.27. The molecule has 1 fully saturated rings. The highest BCUT2D eigenvalue weighted by molar-refractivity contribution is 8.18. The Hall–Kier alpha value is -1.75. The van der Waals surface area contributed by atoms with Crippen LogP contribution in [0.5, 0.6) is 5.75 Å². The van der Waals surface area contributed by atoms with Crippen LogP contribution in [0.4, 0.5) is 0 Å². The summed E-state index contributed by atoms with van der Waals surface area (Å²) in [6, 6.07) is 7.83. The fourth-order valence-corrected chi connectivity index (χ4v) is 3.66. The zero-order valence-electron chi connectivity index (χ0n) is 13.5. The Labute approximate surface area is 141 Å². The summed E-state index contributed by atoms with van der Waals surface area (Å²) in [6.07, 6.45) is 6.49. The fourth-order valence-electron chi connectivity index (χ4n) is 2.70. The van der Waals surface area contributed by atoms with E-state index in [-0.39, 0.29) is 5.91 Å². The molecule has 4 nitrogen and oxygen atoms in total. The minimum absolute atomic E-state index is 0.138. The number of ether oxygens (including phenoxy) is 1. The Kier molecular flexibility index (Phi) is 5.39. The maximum Gasteiger partial charge on any atom is 0.286 e. The first kappa shape index (κ1) is 16.1. The van der Waals surface area contributed by atoms with Gasteiger partial charge in [-0.15, -0.1) is 0 Å². The molecule has 1 aromatic rings. The number of nitrogens with zero attached hydrogens (tertiary/aromatic N) is 2. The fraction of sp³-hybridized carbons (Fsp3) is 0.444. The number of aliphatic imine (C=N–C) groups is 1. The molecular formula is C18H22N2O2S. The Morgan fingerprint density at radius 2 is 2.04 bits per heavy atom. The van der Waals surface area contributed by atoms with Gasteiger partial charge in [-0.25, -0.2) is 0 Å². The van der Waals surface area contributed by atoms with Crippen LogP contribution >= 0.6 is 11.8 Å². The number of amides is 1. The van der Waals surface area contributed by atoms with Gasteiger partial charge < -0.3 is 9.64 Å². The van der Waals surface area contributed by atoms with E-state index >= 15 is 0 Å². The predicted molar refractivity (Wildman–Crippen MR) is 95.7 cm³/mol. The molecule has 2 aliphatic rings. The van der Waals surface area contributed by atoms with E-state index in [4.69, 9.17) is 4.74 Å². The van der Waals surface area contributed by atoms with Gasteiger partial charge in [0.1, 0.15) is 5.75 Å². The third-order valence-electron chi connectivity index (χ3n) is 3.90. The Bertz CT molecular complexity index is 634. The van der Waals surface area contributed by atoms with E-state index in [0.29, 0.717) is 11.5 Å². The van der Waals surface area contributed by atoms with Gasteiger partial charge in [-0.05, 0) is 49.6 Å². The van der Waals surface area contributed by atoms with Crippen LogP contribution in [0.15, 0.2) is 34.2 Å². The average molecular weight is 330 g/mol. The minimum atomic E-state index is -0.138. The number of piperidine rings is 1. The molecule has 1 saturated heterocycles. The lowest BCUT2D eigenvalue weighted by Crippen LogP contribution is -2.33. The van der Waals surface area contributed by atoms with E-state index in [1.54, 1.807) is 0 Å². The highest BCUT2D eigenvalue weighted by Crippen LogP contribution is 2.33. The van der Waals surface area contributed by atoms with E-state index in [2.05, 4.69) is 16.8 Å². The summed E-state index contributed by atoms with van der Waals surface area (Å²) in [6.45, 7) is 4.76. The molecule has 3 rings (SSSR count). The number of carbonyl (C=O) groups excluding carboxylic acids is 1. The molecule has 0 saturated carbocycles. The zero-order chi connectivity index (χ0) is 16.1. The lowest BCUT2D eigenvalue weighted by molar-refractivity contribution is -0.113. The van der Waals surface area contributed by atoms with Crippen molar-refractivity contribution in [3.63, 3.8) is 0 Å². The molecule has 0 atom stereocenters. The normalized spacial score (nSPS) is 20.0. The largest absolute Gasteiger partial charge is 0.493 e. The van der Waals surface area contributed by atoms with Crippen molar-refractivity contribution in [3.05, 3.63) is 34.7 Å². The van der Waals surface area contributed by atoms with Gasteiger partial charge in [-0.1, -0.05) is 25.1 Å². The van der Waals surface area contributed by atoms with Crippen molar-refractivity contribution < 1.29 is 9.53 Å². The van der Waals surface area contributed by atoms with Crippen molar-refractivity contribution in [2.24, 2.45) is 4.99 Å². The smallest absolute Gasteiger partial charge is 0.286 e. The molecule has 5 heteroatoms. The average Bonchev–Trinajstić information content (AvgIpc) is 2.96. The van der Waals surface area contributed by atoms with Gasteiger partial charge in [-0.3, -0.25) is 4.79 Å². The van der Waals surface area contributed by atoms with Crippen LogP contribution < -0.4 is 4.74 Å². The Balaban J connectivity index is 1.75. The SMILES string of the molecule is CCCOc1ccccc1C=C1SC(N2CCCCC2)=NC1=O. The third-order valence-corrected chi connectivity index (χ3v) is 4.95. The number of hydrogen-bond donors (Lipinski definition) is 0. The first-order valence-electron chi connectivity index (χ1n) is 8.27. The number of carbonyl (C=O) groups is 1. The van der Waals surface area contributed by atoms with Crippen molar-refractivity contribution in [2.45, 2.75) is 32.6 Å². The monoisotopic (exact) mass is 330 g/mol. The number of thioether (sulfide) groups is 1. The summed E-state index contributed by atoms with van der Waals surface area (Å²) in [7, 11) is 0. The number of benzene rings is 1. The molecule has 122 valence electrons. The topological polar surface area (TPSA) is 41.9 Å². The van der Waals surface area contributed by atoms with Gasteiger partial charge in [0.25, 0.3) is 5.91 Å². The summed E-state index contributed by atoms with van der Waals surface area (Å²) in [5.41, 5.74) is 0.937. The van der Waals surface area contributed by atoms with Gasteiger partial charge in [0, 0.05) is 18.7 Å². The van der Waals surface area contributed by atoms with Gasteiger partial charge in [-0.2, -0.15) is 4.99 Å². The molecule has 23 heavy (non-hydrogen) atoms. The van der Waals surface area contributed by atoms with Crippen LogP contribution in [0.25, 0.3) is 6.08 Å². The summed E-state index contributed by atoms with van der Waals surface area (Å²) in [5, 5.41) is 0.855.